The van der Waals surface area contributed by atoms with Crippen LogP contribution in [0.3, 0.4) is 0 Å². The van der Waals surface area contributed by atoms with Crippen molar-refractivity contribution >= 4 is 19.7 Å². The molecule has 0 aliphatic heterocycles. The highest BCUT2D eigenvalue weighted by Gasteiger charge is 2.30. The van der Waals surface area contributed by atoms with Crippen molar-refractivity contribution in [2.24, 2.45) is 0 Å². The SMILES string of the molecule is CCCCC/C=C\C/C=C\C/C=C\CCCCCCCCC(=O)OC(/C=C\CCCCCCCCCCCCC)C(COP(=O)(O)OCC[N+](C)(C)C)NC(=O)CC/C=C/C/C=C\CCCCCCCC. The molecule has 0 fully saturated rings. The van der Waals surface area contributed by atoms with E-state index < -0.39 is 20.0 Å². The first-order valence-electron chi connectivity index (χ1n) is 29.3. The van der Waals surface area contributed by atoms with Crippen molar-refractivity contribution in [3.05, 3.63) is 72.9 Å². The van der Waals surface area contributed by atoms with Crippen LogP contribution in [0.1, 0.15) is 252 Å². The molecule has 0 aromatic heterocycles. The first kappa shape index (κ1) is 68.5. The maximum atomic E-state index is 13.4. The average molecular weight is 1020 g/mol. The fourth-order valence-corrected chi connectivity index (χ4v) is 8.79. The number of nitrogens with one attached hydrogen (secondary N) is 1. The van der Waals surface area contributed by atoms with Crippen molar-refractivity contribution in [2.45, 2.75) is 264 Å². The first-order valence-corrected chi connectivity index (χ1v) is 30.8. The van der Waals surface area contributed by atoms with Gasteiger partial charge in [0.1, 0.15) is 19.3 Å². The molecule has 0 radical (unpaired) electrons. The van der Waals surface area contributed by atoms with E-state index >= 15 is 0 Å². The summed E-state index contributed by atoms with van der Waals surface area (Å²) in [5, 5.41) is 3.00. The van der Waals surface area contributed by atoms with Gasteiger partial charge in [0.05, 0.1) is 33.8 Å². The molecule has 412 valence electrons. The molecule has 71 heavy (non-hydrogen) atoms. The second-order valence-electron chi connectivity index (χ2n) is 20.8. The molecule has 9 nitrogen and oxygen atoms in total. The maximum absolute atomic E-state index is 13.4. The molecular formula is C61H112N2O7P+. The number of amides is 1. The molecule has 10 heteroatoms. The topological polar surface area (TPSA) is 111 Å². The molecule has 2 N–H and O–H groups in total. The molecule has 0 rings (SSSR count). The van der Waals surface area contributed by atoms with E-state index in [1.165, 1.54) is 135 Å². The lowest BCUT2D eigenvalue weighted by atomic mass is 10.0. The summed E-state index contributed by atoms with van der Waals surface area (Å²) in [5.74, 6) is -0.598. The Labute approximate surface area is 438 Å². The summed E-state index contributed by atoms with van der Waals surface area (Å²) in [6, 6.07) is -0.885. The zero-order valence-corrected chi connectivity index (χ0v) is 47.8. The molecule has 0 aliphatic rings. The molecule has 0 heterocycles. The molecule has 3 unspecified atom stereocenters. The van der Waals surface area contributed by atoms with Crippen molar-refractivity contribution in [3.8, 4) is 0 Å². The van der Waals surface area contributed by atoms with Gasteiger partial charge >= 0.3 is 13.8 Å². The van der Waals surface area contributed by atoms with E-state index in [4.69, 9.17) is 13.8 Å². The summed E-state index contributed by atoms with van der Waals surface area (Å²) < 4.78 is 30.6. The van der Waals surface area contributed by atoms with Gasteiger partial charge in [0, 0.05) is 12.8 Å². The van der Waals surface area contributed by atoms with Crippen LogP contribution in [0.25, 0.3) is 0 Å². The Morgan fingerprint density at radius 1 is 0.493 bits per heavy atom. The van der Waals surface area contributed by atoms with E-state index in [0.29, 0.717) is 23.9 Å². The van der Waals surface area contributed by atoms with E-state index in [0.717, 1.165) is 70.6 Å². The van der Waals surface area contributed by atoms with Crippen LogP contribution in [-0.2, 0) is 27.9 Å². The van der Waals surface area contributed by atoms with Crippen LogP contribution in [0.4, 0.5) is 0 Å². The number of carbonyl (C=O) groups excluding carboxylic acids is 2. The Morgan fingerprint density at radius 2 is 0.873 bits per heavy atom. The minimum atomic E-state index is -4.46. The van der Waals surface area contributed by atoms with Crippen LogP contribution >= 0.6 is 7.82 Å². The minimum absolute atomic E-state index is 0.0266. The Bertz CT molecular complexity index is 1450. The van der Waals surface area contributed by atoms with Gasteiger partial charge in [0.15, 0.2) is 0 Å². The van der Waals surface area contributed by atoms with E-state index in [1.54, 1.807) is 0 Å². The third-order valence-electron chi connectivity index (χ3n) is 12.6. The zero-order valence-electron chi connectivity index (χ0n) is 47.0. The van der Waals surface area contributed by atoms with Gasteiger partial charge in [0.25, 0.3) is 0 Å². The number of esters is 1. The van der Waals surface area contributed by atoms with Crippen molar-refractivity contribution in [1.82, 2.24) is 5.32 Å². The summed E-state index contributed by atoms with van der Waals surface area (Å²) >= 11 is 0. The number of allylic oxidation sites excluding steroid dienone is 11. The Hall–Kier alpha value is -2.55. The normalized spacial score (nSPS) is 14.3. The monoisotopic (exact) mass is 1020 g/mol. The molecule has 3 atom stereocenters. The predicted octanol–water partition coefficient (Wildman–Crippen LogP) is 17.7. The highest BCUT2D eigenvalue weighted by molar-refractivity contribution is 7.47. The Morgan fingerprint density at radius 3 is 1.34 bits per heavy atom. The smallest absolute Gasteiger partial charge is 0.456 e. The average Bonchev–Trinajstić information content (AvgIpc) is 3.33. The van der Waals surface area contributed by atoms with Crippen LogP contribution in [0.5, 0.6) is 0 Å². The second-order valence-corrected chi connectivity index (χ2v) is 22.3. The highest BCUT2D eigenvalue weighted by atomic mass is 31.2. The van der Waals surface area contributed by atoms with Crippen LogP contribution in [0.15, 0.2) is 72.9 Å². The van der Waals surface area contributed by atoms with E-state index in [1.807, 2.05) is 39.4 Å². The lowest BCUT2D eigenvalue weighted by Gasteiger charge is -2.27. The number of likely N-dealkylation sites (N-methyl/N-ethyl adjacent to an activating group) is 1. The number of unbranched alkanes of at least 4 members (excludes halogenated alkanes) is 26. The number of hydrogen-bond acceptors (Lipinski definition) is 6. The fourth-order valence-electron chi connectivity index (χ4n) is 8.05. The summed E-state index contributed by atoms with van der Waals surface area (Å²) in [5.41, 5.74) is 0. The largest absolute Gasteiger partial charge is 0.472 e. The van der Waals surface area contributed by atoms with Crippen molar-refractivity contribution < 1.29 is 37.3 Å². The summed E-state index contributed by atoms with van der Waals surface area (Å²) in [6.45, 7) is 6.92. The summed E-state index contributed by atoms with van der Waals surface area (Å²) in [6.07, 6.45) is 64.8. The van der Waals surface area contributed by atoms with Crippen LogP contribution in [-0.4, -0.2) is 74.3 Å². The summed E-state index contributed by atoms with van der Waals surface area (Å²) in [4.78, 5) is 37.5. The number of quaternary nitrogens is 1. The number of phosphoric acid groups is 1. The molecule has 0 bridgehead atoms. The number of rotatable bonds is 52. The van der Waals surface area contributed by atoms with Crippen LogP contribution < -0.4 is 5.32 Å². The molecular weight excluding hydrogens is 904 g/mol. The molecule has 0 aromatic rings. The number of carbonyl (C=O) groups is 2. The Kier molecular flexibility index (Phi) is 49.1. The van der Waals surface area contributed by atoms with Gasteiger partial charge in [0.2, 0.25) is 5.91 Å². The summed E-state index contributed by atoms with van der Waals surface area (Å²) in [7, 11) is 1.45. The van der Waals surface area contributed by atoms with E-state index in [9.17, 15) is 19.0 Å². The van der Waals surface area contributed by atoms with Crippen LogP contribution in [0, 0.1) is 0 Å². The zero-order chi connectivity index (χ0) is 52.2. The van der Waals surface area contributed by atoms with Crippen LogP contribution in [0.2, 0.25) is 0 Å². The van der Waals surface area contributed by atoms with Crippen molar-refractivity contribution in [2.75, 3.05) is 40.9 Å². The van der Waals surface area contributed by atoms with E-state index in [-0.39, 0.29) is 37.9 Å². The number of hydrogen-bond donors (Lipinski definition) is 2. The molecule has 0 aliphatic carbocycles. The number of phosphoric ester groups is 1. The maximum Gasteiger partial charge on any atom is 0.472 e. The molecule has 0 spiro atoms. The molecule has 1 amide bonds. The van der Waals surface area contributed by atoms with Gasteiger partial charge in [-0.2, -0.15) is 0 Å². The molecule has 0 saturated heterocycles. The highest BCUT2D eigenvalue weighted by Crippen LogP contribution is 2.43. The van der Waals surface area contributed by atoms with Gasteiger partial charge in [-0.3, -0.25) is 18.6 Å². The van der Waals surface area contributed by atoms with Crippen molar-refractivity contribution in [3.63, 3.8) is 0 Å². The third-order valence-corrected chi connectivity index (χ3v) is 13.6. The van der Waals surface area contributed by atoms with Gasteiger partial charge in [-0.1, -0.05) is 222 Å². The van der Waals surface area contributed by atoms with Gasteiger partial charge in [-0.05, 0) is 89.5 Å². The Balaban J connectivity index is 5.42. The third kappa shape index (κ3) is 52.1. The lowest BCUT2D eigenvalue weighted by Crippen LogP contribution is -2.47. The molecule has 0 aromatic carbocycles. The lowest BCUT2D eigenvalue weighted by molar-refractivity contribution is -0.870. The number of ether oxygens (including phenoxy) is 1. The molecule has 0 saturated carbocycles. The van der Waals surface area contributed by atoms with Gasteiger partial charge in [-0.15, -0.1) is 0 Å². The first-order chi connectivity index (χ1) is 34.4. The second kappa shape index (κ2) is 51.0. The predicted molar refractivity (Wildman–Crippen MR) is 305 cm³/mol. The quantitative estimate of drug-likeness (QED) is 0.0205. The van der Waals surface area contributed by atoms with E-state index in [2.05, 4.69) is 80.8 Å². The van der Waals surface area contributed by atoms with Gasteiger partial charge < -0.3 is 19.4 Å². The number of nitrogens with zero attached hydrogens (tertiary/aromatic N) is 1. The standard InChI is InChI=1S/C61H111N2O7P/c1-7-10-13-16-19-22-25-28-29-30-31-32-33-36-39-42-45-48-51-54-61(65)70-59(52-49-46-43-40-37-34-26-23-20-17-14-11-8-2)58(57-69-71(66,67)68-56-55-63(4,5)6)62-60(64)53-50-47-44-41-38-35-27-24-21-18-15-12-9-3/h19,22,28-29,31-32,35,38,44,47,49,52,58-59H,7-18,20-21,23-27,30,33-34,36-37,39-43,45-46,48,50-51,53-57H2,1-6H3,(H-,62,64,66,67)/p+1/b22-19-,29-28-,32-31-,38-35-,47-44+,52-49-. The van der Waals surface area contributed by atoms with Gasteiger partial charge in [-0.25, -0.2) is 4.57 Å². The van der Waals surface area contributed by atoms with Crippen molar-refractivity contribution in [1.29, 1.82) is 0 Å². The fraction of sp³-hybridized carbons (Fsp3) is 0.770. The minimum Gasteiger partial charge on any atom is -0.456 e.